The highest BCUT2D eigenvalue weighted by atomic mass is 35.5. The van der Waals surface area contributed by atoms with Crippen molar-refractivity contribution in [1.29, 1.82) is 0 Å². The van der Waals surface area contributed by atoms with Crippen LogP contribution in [0.4, 0.5) is 0 Å². The number of aliphatic hydroxyl groups is 1. The van der Waals surface area contributed by atoms with E-state index in [0.717, 1.165) is 24.1 Å². The van der Waals surface area contributed by atoms with Crippen LogP contribution in [0.25, 0.3) is 0 Å². The number of nitrogens with zero attached hydrogens (tertiary/aromatic N) is 1. The summed E-state index contributed by atoms with van der Waals surface area (Å²) in [6.45, 7) is 6.29. The Hall–Kier alpha value is -1.14. The highest BCUT2D eigenvalue weighted by molar-refractivity contribution is 6.30. The summed E-state index contributed by atoms with van der Waals surface area (Å²) in [7, 11) is 0. The Kier molecular flexibility index (Phi) is 4.65. The number of hydrogen-bond acceptors (Lipinski definition) is 4. The molecule has 2 heterocycles. The van der Waals surface area contributed by atoms with Gasteiger partial charge in [-0.3, -0.25) is 4.79 Å². The van der Waals surface area contributed by atoms with Crippen molar-refractivity contribution in [2.24, 2.45) is 0 Å². The number of amides is 1. The van der Waals surface area contributed by atoms with E-state index < -0.39 is 5.60 Å². The summed E-state index contributed by atoms with van der Waals surface area (Å²) in [5.74, 6) is -0.239. The number of rotatable bonds is 2. The highest BCUT2D eigenvalue weighted by Crippen LogP contribution is 2.32. The molecule has 1 fully saturated rings. The average Bonchev–Trinajstić information content (AvgIpc) is 2.53. The van der Waals surface area contributed by atoms with Crippen molar-refractivity contribution in [2.45, 2.75) is 38.5 Å². The number of halogens is 1. The molecule has 0 aliphatic carbocycles. The van der Waals surface area contributed by atoms with Gasteiger partial charge in [0.2, 0.25) is 0 Å². The van der Waals surface area contributed by atoms with E-state index in [0.29, 0.717) is 31.3 Å². The van der Waals surface area contributed by atoms with E-state index in [1.807, 2.05) is 12.1 Å². The number of carbonyl (C=O) groups is 1. The number of hydrogen-bond donors (Lipinski definition) is 2. The molecule has 2 N–H and O–H groups in total. The van der Waals surface area contributed by atoms with Gasteiger partial charge < -0.3 is 20.1 Å². The van der Waals surface area contributed by atoms with Crippen molar-refractivity contribution in [2.75, 3.05) is 26.3 Å². The minimum absolute atomic E-state index is 0.0911. The minimum Gasteiger partial charge on any atom is -0.381 e. The summed E-state index contributed by atoms with van der Waals surface area (Å²) >= 11 is 6.28. The maximum absolute atomic E-state index is 12.4. The molecular weight excluding hydrogens is 316 g/mol. The van der Waals surface area contributed by atoms with Crippen molar-refractivity contribution in [3.63, 3.8) is 0 Å². The van der Waals surface area contributed by atoms with Gasteiger partial charge in [-0.25, -0.2) is 0 Å². The van der Waals surface area contributed by atoms with Crippen LogP contribution < -0.4 is 5.32 Å². The molecule has 0 saturated carbocycles. The number of carbonyl (C=O) groups excluding carboxylic acids is 1. The predicted octanol–water partition coefficient (Wildman–Crippen LogP) is 1.66. The molecule has 5 nitrogen and oxygen atoms in total. The molecule has 0 spiro atoms. The lowest BCUT2D eigenvalue weighted by molar-refractivity contribution is -0.148. The molecule has 1 atom stereocenters. The molecule has 2 aliphatic rings. The van der Waals surface area contributed by atoms with Crippen LogP contribution in [0, 0.1) is 0 Å². The zero-order valence-electron chi connectivity index (χ0n) is 13.6. The van der Waals surface area contributed by atoms with Crippen LogP contribution >= 0.6 is 11.6 Å². The van der Waals surface area contributed by atoms with Crippen molar-refractivity contribution in [1.82, 2.24) is 10.2 Å². The Labute approximate surface area is 141 Å². The van der Waals surface area contributed by atoms with E-state index in [9.17, 15) is 9.90 Å². The molecule has 1 amide bonds. The van der Waals surface area contributed by atoms with Gasteiger partial charge in [-0.2, -0.15) is 0 Å². The lowest BCUT2D eigenvalue weighted by Crippen LogP contribution is -2.47. The number of morpholine rings is 1. The van der Waals surface area contributed by atoms with Gasteiger partial charge in [0.05, 0.1) is 19.3 Å². The molecule has 2 aliphatic heterocycles. The standard InChI is InChI=1S/C17H23ClN2O3/c1-17(2,22)16(21)20-5-3-11-7-12(18)8-13(14(11)9-20)15-10-23-6-4-19-15/h7-8,15,19,22H,3-6,9-10H2,1-2H3/t15-/m0/s1. The van der Waals surface area contributed by atoms with E-state index >= 15 is 0 Å². The molecule has 126 valence electrons. The van der Waals surface area contributed by atoms with Gasteiger partial charge in [-0.15, -0.1) is 0 Å². The quantitative estimate of drug-likeness (QED) is 0.861. The number of ether oxygens (including phenoxy) is 1. The molecular formula is C17H23ClN2O3. The molecule has 0 aromatic heterocycles. The van der Waals surface area contributed by atoms with Gasteiger partial charge in [0.1, 0.15) is 5.60 Å². The lowest BCUT2D eigenvalue weighted by Gasteiger charge is -2.36. The second-order valence-corrected chi connectivity index (χ2v) is 7.19. The Bertz CT molecular complexity index is 607. The van der Waals surface area contributed by atoms with Crippen LogP contribution in [0.3, 0.4) is 0 Å². The van der Waals surface area contributed by atoms with Gasteiger partial charge in [-0.05, 0) is 49.1 Å². The molecule has 0 radical (unpaired) electrons. The first kappa shape index (κ1) is 16.7. The van der Waals surface area contributed by atoms with Gasteiger partial charge in [-0.1, -0.05) is 11.6 Å². The Morgan fingerprint density at radius 2 is 2.26 bits per heavy atom. The second kappa shape index (κ2) is 6.40. The average molecular weight is 339 g/mol. The number of benzene rings is 1. The molecule has 23 heavy (non-hydrogen) atoms. The summed E-state index contributed by atoms with van der Waals surface area (Å²) in [5.41, 5.74) is 2.05. The molecule has 3 rings (SSSR count). The van der Waals surface area contributed by atoms with E-state index in [-0.39, 0.29) is 11.9 Å². The fourth-order valence-corrected chi connectivity index (χ4v) is 3.54. The van der Waals surface area contributed by atoms with Gasteiger partial charge >= 0.3 is 0 Å². The maximum atomic E-state index is 12.4. The Balaban J connectivity index is 1.92. The highest BCUT2D eigenvalue weighted by Gasteiger charge is 2.33. The molecule has 0 bridgehead atoms. The lowest BCUT2D eigenvalue weighted by atomic mass is 9.90. The van der Waals surface area contributed by atoms with Crippen LogP contribution in [0.15, 0.2) is 12.1 Å². The van der Waals surface area contributed by atoms with Crippen LogP contribution in [0.2, 0.25) is 5.02 Å². The number of nitrogens with one attached hydrogen (secondary N) is 1. The Morgan fingerprint density at radius 3 is 2.91 bits per heavy atom. The van der Waals surface area contributed by atoms with Gasteiger partial charge in [0.15, 0.2) is 0 Å². The largest absolute Gasteiger partial charge is 0.381 e. The van der Waals surface area contributed by atoms with Crippen LogP contribution in [0.5, 0.6) is 0 Å². The van der Waals surface area contributed by atoms with Crippen molar-refractivity contribution < 1.29 is 14.6 Å². The second-order valence-electron chi connectivity index (χ2n) is 6.75. The van der Waals surface area contributed by atoms with Gasteiger partial charge in [0, 0.05) is 24.7 Å². The van der Waals surface area contributed by atoms with Crippen LogP contribution in [-0.2, 0) is 22.5 Å². The summed E-state index contributed by atoms with van der Waals surface area (Å²) < 4.78 is 5.57. The van der Waals surface area contributed by atoms with Crippen LogP contribution in [-0.4, -0.2) is 47.8 Å². The topological polar surface area (TPSA) is 61.8 Å². The normalized spacial score (nSPS) is 21.9. The summed E-state index contributed by atoms with van der Waals surface area (Å²) in [6.07, 6.45) is 0.748. The first-order valence-corrected chi connectivity index (χ1v) is 8.38. The Morgan fingerprint density at radius 1 is 1.48 bits per heavy atom. The predicted molar refractivity (Wildman–Crippen MR) is 88.4 cm³/mol. The smallest absolute Gasteiger partial charge is 0.254 e. The fourth-order valence-electron chi connectivity index (χ4n) is 3.29. The first-order chi connectivity index (χ1) is 10.9. The van der Waals surface area contributed by atoms with E-state index in [4.69, 9.17) is 16.3 Å². The van der Waals surface area contributed by atoms with Crippen molar-refractivity contribution in [3.8, 4) is 0 Å². The van der Waals surface area contributed by atoms with Crippen molar-refractivity contribution >= 4 is 17.5 Å². The molecule has 1 aromatic rings. The summed E-state index contributed by atoms with van der Waals surface area (Å²) in [4.78, 5) is 14.1. The van der Waals surface area contributed by atoms with E-state index in [2.05, 4.69) is 5.32 Å². The number of fused-ring (bicyclic) bond motifs is 1. The van der Waals surface area contributed by atoms with Gasteiger partial charge in [0.25, 0.3) is 5.91 Å². The van der Waals surface area contributed by atoms with Crippen LogP contribution in [0.1, 0.15) is 36.6 Å². The van der Waals surface area contributed by atoms with E-state index in [1.165, 1.54) is 19.4 Å². The summed E-state index contributed by atoms with van der Waals surface area (Å²) in [5, 5.41) is 14.2. The molecule has 6 heteroatoms. The molecule has 1 aromatic carbocycles. The monoisotopic (exact) mass is 338 g/mol. The SMILES string of the molecule is CC(C)(O)C(=O)N1CCc2cc(Cl)cc([C@@H]3COCCN3)c2C1. The molecule has 0 unspecified atom stereocenters. The zero-order chi connectivity index (χ0) is 16.6. The third kappa shape index (κ3) is 3.53. The maximum Gasteiger partial charge on any atom is 0.254 e. The fraction of sp³-hybridized carbons (Fsp3) is 0.588. The molecule has 1 saturated heterocycles. The van der Waals surface area contributed by atoms with Crippen molar-refractivity contribution in [3.05, 3.63) is 33.8 Å². The third-order valence-corrected chi connectivity index (χ3v) is 4.67. The zero-order valence-corrected chi connectivity index (χ0v) is 14.3. The minimum atomic E-state index is -1.35. The summed E-state index contributed by atoms with van der Waals surface area (Å²) in [6, 6.07) is 4.04. The van der Waals surface area contributed by atoms with E-state index in [1.54, 1.807) is 4.90 Å². The first-order valence-electron chi connectivity index (χ1n) is 8.00. The third-order valence-electron chi connectivity index (χ3n) is 4.45.